The number of rotatable bonds is 2. The molecule has 1 aromatic carbocycles. The van der Waals surface area contributed by atoms with Gasteiger partial charge in [-0.05, 0) is 6.92 Å². The van der Waals surface area contributed by atoms with Crippen LogP contribution in [-0.2, 0) is 40.7 Å². The second-order valence-electron chi connectivity index (χ2n) is 2.26. The fourth-order valence-electron chi connectivity index (χ4n) is 0.602. The van der Waals surface area contributed by atoms with Gasteiger partial charge in [-0.1, -0.05) is 35.9 Å². The molecule has 0 saturated heterocycles. The molecule has 15 heavy (non-hydrogen) atoms. The van der Waals surface area contributed by atoms with Crippen molar-refractivity contribution in [1.29, 1.82) is 0 Å². The van der Waals surface area contributed by atoms with Gasteiger partial charge in [-0.25, -0.2) is 0 Å². The van der Waals surface area contributed by atoms with Gasteiger partial charge in [0.2, 0.25) is 0 Å². The summed E-state index contributed by atoms with van der Waals surface area (Å²) in [4.78, 5) is 18.6. The molecular formula is C7H10CdO5P2. The number of hydrogen-bond acceptors (Lipinski definition) is 5. The minimum Gasteiger partial charge on any atom is -0.781 e. The molecule has 2 atom stereocenters. The van der Waals surface area contributed by atoms with Gasteiger partial charge in [-0.2, -0.15) is 0 Å². The average molecular weight is 349 g/mol. The third-order valence-electron chi connectivity index (χ3n) is 1.11. The largest absolute Gasteiger partial charge is 2.00 e. The summed E-state index contributed by atoms with van der Waals surface area (Å²) in [5, 5.41) is 0. The summed E-state index contributed by atoms with van der Waals surface area (Å²) in [6, 6.07) is 10.3. The van der Waals surface area contributed by atoms with E-state index in [-0.39, 0.29) is 27.3 Å². The maximum atomic E-state index is 9.29. The van der Waals surface area contributed by atoms with Crippen LogP contribution < -0.4 is 9.79 Å². The molecule has 0 bridgehead atoms. The monoisotopic (exact) mass is 350 g/mol. The molecule has 8 heteroatoms. The Kier molecular flexibility index (Phi) is 13.1. The minimum atomic E-state index is -3.51. The van der Waals surface area contributed by atoms with E-state index >= 15 is 0 Å². The Morgan fingerprint density at radius 1 is 1.07 bits per heavy atom. The first-order chi connectivity index (χ1) is 6.52. The topological polar surface area (TPSA) is 89.5 Å². The van der Waals surface area contributed by atoms with Crippen LogP contribution >= 0.6 is 16.5 Å². The third kappa shape index (κ3) is 14.5. The zero-order valence-electron chi connectivity index (χ0n) is 8.14. The molecule has 1 aromatic rings. The molecule has 0 aromatic heterocycles. The van der Waals surface area contributed by atoms with E-state index in [9.17, 15) is 18.9 Å². The number of hydrogen-bond donors (Lipinski definition) is 0. The zero-order chi connectivity index (χ0) is 11.0. The first kappa shape index (κ1) is 17.9. The SMILES string of the molecule is Cc1ccccc1.O=[PH]([O-])O[PH](=O)[O-].[Cd+2]. The van der Waals surface area contributed by atoms with E-state index in [0.717, 1.165) is 0 Å². The van der Waals surface area contributed by atoms with Crippen molar-refractivity contribution in [2.24, 2.45) is 0 Å². The van der Waals surface area contributed by atoms with Crippen molar-refractivity contribution >= 4 is 16.5 Å². The maximum absolute atomic E-state index is 9.29. The summed E-state index contributed by atoms with van der Waals surface area (Å²) in [5.74, 6) is 0. The molecule has 0 aliphatic rings. The molecule has 0 N–H and O–H groups in total. The van der Waals surface area contributed by atoms with E-state index in [4.69, 9.17) is 0 Å². The summed E-state index contributed by atoms with van der Waals surface area (Å²) < 4.78 is 21.8. The predicted molar refractivity (Wildman–Crippen MR) is 50.3 cm³/mol. The molecule has 0 amide bonds. The second kappa shape index (κ2) is 11.0. The standard InChI is InChI=1S/C7H8.Cd.H4O5P2/c1-7-5-3-2-4-6-7;;1-6(2)5-7(3)4/h2-6H,1H3;;6-7H,(H,1,2)(H,3,4)/q;+2;/p-2. The third-order valence-corrected chi connectivity index (χ3v) is 2.44. The van der Waals surface area contributed by atoms with Gasteiger partial charge in [0.05, 0.1) is 0 Å². The van der Waals surface area contributed by atoms with Crippen LogP contribution in [0.15, 0.2) is 30.3 Å². The molecule has 5 nitrogen and oxygen atoms in total. The molecule has 0 saturated carbocycles. The van der Waals surface area contributed by atoms with E-state index in [2.05, 4.69) is 23.4 Å². The van der Waals surface area contributed by atoms with Crippen molar-refractivity contribution in [2.75, 3.05) is 0 Å². The Hall–Kier alpha value is 0.482. The Balaban J connectivity index is 0. The maximum Gasteiger partial charge on any atom is 2.00 e. The number of aryl methyl sites for hydroxylation is 1. The van der Waals surface area contributed by atoms with Gasteiger partial charge in [-0.3, -0.25) is 4.31 Å². The average Bonchev–Trinajstić information content (AvgIpc) is 2.03. The van der Waals surface area contributed by atoms with Crippen LogP contribution in [0.2, 0.25) is 0 Å². The second-order valence-corrected chi connectivity index (χ2v) is 4.07. The van der Waals surface area contributed by atoms with Gasteiger partial charge in [-0.15, -0.1) is 0 Å². The Bertz CT molecular complexity index is 294. The van der Waals surface area contributed by atoms with Crippen LogP contribution in [0.5, 0.6) is 0 Å². The molecule has 0 heterocycles. The molecule has 0 fully saturated rings. The molecule has 0 aliphatic heterocycles. The van der Waals surface area contributed by atoms with Gasteiger partial charge in [0.15, 0.2) is 0 Å². The molecule has 2 unspecified atom stereocenters. The van der Waals surface area contributed by atoms with Crippen molar-refractivity contribution in [1.82, 2.24) is 0 Å². The fraction of sp³-hybridized carbons (Fsp3) is 0.143. The van der Waals surface area contributed by atoms with Crippen molar-refractivity contribution < 1.29 is 50.5 Å². The van der Waals surface area contributed by atoms with Crippen LogP contribution in [0.4, 0.5) is 0 Å². The summed E-state index contributed by atoms with van der Waals surface area (Å²) >= 11 is 0. The summed E-state index contributed by atoms with van der Waals surface area (Å²) in [6.07, 6.45) is 0. The van der Waals surface area contributed by atoms with Gasteiger partial charge < -0.3 is 18.9 Å². The van der Waals surface area contributed by atoms with Crippen LogP contribution in [0, 0.1) is 6.92 Å². The Labute approximate surface area is 110 Å². The van der Waals surface area contributed by atoms with E-state index in [1.54, 1.807) is 0 Å². The van der Waals surface area contributed by atoms with Gasteiger partial charge in [0.25, 0.3) is 0 Å². The molecule has 0 radical (unpaired) electrons. The van der Waals surface area contributed by atoms with Crippen LogP contribution in [0.1, 0.15) is 5.56 Å². The van der Waals surface area contributed by atoms with Crippen LogP contribution in [0.25, 0.3) is 0 Å². The summed E-state index contributed by atoms with van der Waals surface area (Å²) in [7, 11) is -7.03. The zero-order valence-corrected chi connectivity index (χ0v) is 14.2. The van der Waals surface area contributed by atoms with E-state index in [1.165, 1.54) is 5.56 Å². The van der Waals surface area contributed by atoms with E-state index in [1.807, 2.05) is 18.2 Å². The minimum absolute atomic E-state index is 0. The van der Waals surface area contributed by atoms with Gasteiger partial charge >= 0.3 is 27.3 Å². The van der Waals surface area contributed by atoms with Crippen molar-refractivity contribution in [3.63, 3.8) is 0 Å². The summed E-state index contributed by atoms with van der Waals surface area (Å²) in [6.45, 7) is 2.08. The van der Waals surface area contributed by atoms with Crippen LogP contribution in [-0.4, -0.2) is 0 Å². The van der Waals surface area contributed by atoms with E-state index < -0.39 is 16.5 Å². The predicted octanol–water partition coefficient (Wildman–Crippen LogP) is 0.496. The molecule has 0 aliphatic carbocycles. The Morgan fingerprint density at radius 3 is 1.60 bits per heavy atom. The fourth-order valence-corrected chi connectivity index (χ4v) is 1.15. The van der Waals surface area contributed by atoms with Gasteiger partial charge in [0.1, 0.15) is 16.5 Å². The van der Waals surface area contributed by atoms with Crippen molar-refractivity contribution in [3.05, 3.63) is 35.9 Å². The first-order valence-corrected chi connectivity index (χ1v) is 6.08. The molecule has 80 valence electrons. The smallest absolute Gasteiger partial charge is 0.781 e. The Morgan fingerprint density at radius 2 is 1.47 bits per heavy atom. The van der Waals surface area contributed by atoms with E-state index in [0.29, 0.717) is 0 Å². The molecular weight excluding hydrogens is 338 g/mol. The van der Waals surface area contributed by atoms with Crippen LogP contribution in [0.3, 0.4) is 0 Å². The number of benzene rings is 1. The van der Waals surface area contributed by atoms with Gasteiger partial charge in [0, 0.05) is 0 Å². The van der Waals surface area contributed by atoms with Crippen molar-refractivity contribution in [2.45, 2.75) is 6.92 Å². The molecule has 1 rings (SSSR count). The quantitative estimate of drug-likeness (QED) is 0.573. The van der Waals surface area contributed by atoms with Crippen molar-refractivity contribution in [3.8, 4) is 0 Å². The summed E-state index contributed by atoms with van der Waals surface area (Å²) in [5.41, 5.74) is 1.32. The normalized spacial score (nSPS) is 12.7. The molecule has 0 spiro atoms. The first-order valence-electron chi connectivity index (χ1n) is 3.64.